The summed E-state index contributed by atoms with van der Waals surface area (Å²) >= 11 is 0. The second-order valence-corrected chi connectivity index (χ2v) is 4.61. The molecule has 0 aromatic carbocycles. The van der Waals surface area contributed by atoms with Gasteiger partial charge in [-0.2, -0.15) is 0 Å². The highest BCUT2D eigenvalue weighted by Crippen LogP contribution is 2.12. The second kappa shape index (κ2) is 9.02. The number of esters is 1. The minimum absolute atomic E-state index is 0.0930. The van der Waals surface area contributed by atoms with E-state index in [2.05, 4.69) is 5.16 Å². The number of carbonyl (C=O) groups is 1. The SMILES string of the molecule is O=C1CCCCCCCCC(=NO)CCCO1. The molecular weight excluding hydrogens is 218 g/mol. The molecule has 0 aromatic heterocycles. The van der Waals surface area contributed by atoms with E-state index in [9.17, 15) is 4.79 Å². The summed E-state index contributed by atoms with van der Waals surface area (Å²) in [6.07, 6.45) is 9.60. The fraction of sp³-hybridized carbons (Fsp3) is 0.846. The lowest BCUT2D eigenvalue weighted by Crippen LogP contribution is -2.08. The van der Waals surface area contributed by atoms with Crippen LogP contribution in [0, 0.1) is 0 Å². The zero-order chi connectivity index (χ0) is 12.3. The predicted octanol–water partition coefficient (Wildman–Crippen LogP) is 3.27. The highest BCUT2D eigenvalue weighted by Gasteiger charge is 2.06. The fourth-order valence-electron chi connectivity index (χ4n) is 2.06. The van der Waals surface area contributed by atoms with Gasteiger partial charge in [0.25, 0.3) is 0 Å². The van der Waals surface area contributed by atoms with Gasteiger partial charge in [-0.1, -0.05) is 30.8 Å². The maximum Gasteiger partial charge on any atom is 0.305 e. The summed E-state index contributed by atoms with van der Waals surface area (Å²) in [6.45, 7) is 0.442. The Hall–Kier alpha value is -1.06. The average Bonchev–Trinajstić information content (AvgIpc) is 2.34. The lowest BCUT2D eigenvalue weighted by Gasteiger charge is -2.08. The fourth-order valence-corrected chi connectivity index (χ4v) is 2.06. The highest BCUT2D eigenvalue weighted by atomic mass is 16.5. The molecule has 98 valence electrons. The van der Waals surface area contributed by atoms with E-state index in [1.807, 2.05) is 0 Å². The minimum Gasteiger partial charge on any atom is -0.466 e. The normalized spacial score (nSPS) is 24.0. The summed E-state index contributed by atoms with van der Waals surface area (Å²) in [5, 5.41) is 12.1. The Morgan fingerprint density at radius 1 is 0.882 bits per heavy atom. The van der Waals surface area contributed by atoms with Crippen molar-refractivity contribution in [3.05, 3.63) is 0 Å². The molecule has 1 aliphatic rings. The lowest BCUT2D eigenvalue weighted by molar-refractivity contribution is -0.143. The molecule has 0 unspecified atom stereocenters. The smallest absolute Gasteiger partial charge is 0.305 e. The predicted molar refractivity (Wildman–Crippen MR) is 66.4 cm³/mol. The Morgan fingerprint density at radius 3 is 2.18 bits per heavy atom. The van der Waals surface area contributed by atoms with E-state index < -0.39 is 0 Å². The Balaban J connectivity index is 2.32. The Bertz CT molecular complexity index is 251. The number of hydrogen-bond acceptors (Lipinski definition) is 4. The number of carbonyl (C=O) groups excluding carboxylic acids is 1. The molecule has 0 aromatic rings. The van der Waals surface area contributed by atoms with Crippen molar-refractivity contribution < 1.29 is 14.7 Å². The minimum atomic E-state index is -0.0930. The molecule has 0 atom stereocenters. The Kier molecular flexibility index (Phi) is 7.43. The number of cyclic esters (lactones) is 1. The number of nitrogens with zero attached hydrogens (tertiary/aromatic N) is 1. The van der Waals surface area contributed by atoms with Crippen LogP contribution >= 0.6 is 0 Å². The van der Waals surface area contributed by atoms with Crippen molar-refractivity contribution in [2.24, 2.45) is 5.16 Å². The van der Waals surface area contributed by atoms with E-state index in [0.29, 0.717) is 13.0 Å². The molecule has 1 fully saturated rings. The summed E-state index contributed by atoms with van der Waals surface area (Å²) in [5.74, 6) is -0.0930. The molecule has 17 heavy (non-hydrogen) atoms. The van der Waals surface area contributed by atoms with Crippen molar-refractivity contribution in [3.63, 3.8) is 0 Å². The van der Waals surface area contributed by atoms with E-state index in [0.717, 1.165) is 44.2 Å². The van der Waals surface area contributed by atoms with E-state index >= 15 is 0 Å². The Morgan fingerprint density at radius 2 is 1.47 bits per heavy atom. The first-order valence-electron chi connectivity index (χ1n) is 6.68. The third-order valence-electron chi connectivity index (χ3n) is 3.11. The number of hydrogen-bond donors (Lipinski definition) is 1. The van der Waals surface area contributed by atoms with Crippen LogP contribution in [-0.2, 0) is 9.53 Å². The molecule has 1 aliphatic heterocycles. The van der Waals surface area contributed by atoms with Gasteiger partial charge < -0.3 is 9.94 Å². The molecule has 0 bridgehead atoms. The van der Waals surface area contributed by atoms with Gasteiger partial charge in [0.05, 0.1) is 12.3 Å². The zero-order valence-electron chi connectivity index (χ0n) is 10.5. The summed E-state index contributed by atoms with van der Waals surface area (Å²) in [6, 6.07) is 0. The maximum absolute atomic E-state index is 11.3. The van der Waals surface area contributed by atoms with Crippen LogP contribution in [0.15, 0.2) is 5.16 Å². The average molecular weight is 241 g/mol. The molecule has 4 nitrogen and oxygen atoms in total. The molecule has 0 saturated carbocycles. The first kappa shape index (κ1) is 14.0. The van der Waals surface area contributed by atoms with Crippen molar-refractivity contribution in [3.8, 4) is 0 Å². The molecule has 1 saturated heterocycles. The van der Waals surface area contributed by atoms with Gasteiger partial charge in [0, 0.05) is 6.42 Å². The topological polar surface area (TPSA) is 58.9 Å². The number of ether oxygens (including phenoxy) is 1. The summed E-state index contributed by atoms with van der Waals surface area (Å²) in [7, 11) is 0. The number of rotatable bonds is 0. The van der Waals surface area contributed by atoms with Crippen molar-refractivity contribution in [2.75, 3.05) is 6.61 Å². The van der Waals surface area contributed by atoms with Crippen LogP contribution in [0.5, 0.6) is 0 Å². The zero-order valence-corrected chi connectivity index (χ0v) is 10.5. The van der Waals surface area contributed by atoms with Crippen molar-refractivity contribution in [1.29, 1.82) is 0 Å². The van der Waals surface area contributed by atoms with E-state index in [-0.39, 0.29) is 5.97 Å². The molecule has 1 heterocycles. The van der Waals surface area contributed by atoms with Gasteiger partial charge in [-0.25, -0.2) is 0 Å². The largest absolute Gasteiger partial charge is 0.466 e. The molecular formula is C13H23NO3. The quantitative estimate of drug-likeness (QED) is 0.402. The van der Waals surface area contributed by atoms with Crippen molar-refractivity contribution >= 4 is 11.7 Å². The molecule has 0 radical (unpaired) electrons. The standard InChI is InChI=1S/C13H23NO3/c15-13-10-6-4-2-1-3-5-8-12(14-16)9-7-11-17-13/h16H,1-11H2. The van der Waals surface area contributed by atoms with Crippen molar-refractivity contribution in [2.45, 2.75) is 64.2 Å². The van der Waals surface area contributed by atoms with Gasteiger partial charge in [-0.15, -0.1) is 0 Å². The van der Waals surface area contributed by atoms with Crippen LogP contribution in [0.2, 0.25) is 0 Å². The first-order chi connectivity index (χ1) is 8.33. The van der Waals surface area contributed by atoms with Crippen LogP contribution in [0.3, 0.4) is 0 Å². The van der Waals surface area contributed by atoms with Gasteiger partial charge in [0.15, 0.2) is 0 Å². The monoisotopic (exact) mass is 241 g/mol. The third kappa shape index (κ3) is 6.97. The van der Waals surface area contributed by atoms with Gasteiger partial charge in [0.2, 0.25) is 0 Å². The Labute approximate surface area is 103 Å². The van der Waals surface area contributed by atoms with Gasteiger partial charge in [-0.3, -0.25) is 4.79 Å². The third-order valence-corrected chi connectivity index (χ3v) is 3.11. The second-order valence-electron chi connectivity index (χ2n) is 4.61. The van der Waals surface area contributed by atoms with Crippen LogP contribution in [0.1, 0.15) is 64.2 Å². The van der Waals surface area contributed by atoms with Crippen LogP contribution in [0.4, 0.5) is 0 Å². The van der Waals surface area contributed by atoms with E-state index in [4.69, 9.17) is 9.94 Å². The molecule has 0 spiro atoms. The van der Waals surface area contributed by atoms with Gasteiger partial charge in [-0.05, 0) is 32.1 Å². The van der Waals surface area contributed by atoms with Crippen LogP contribution < -0.4 is 0 Å². The molecule has 1 N–H and O–H groups in total. The highest BCUT2D eigenvalue weighted by molar-refractivity contribution is 5.83. The van der Waals surface area contributed by atoms with Crippen molar-refractivity contribution in [1.82, 2.24) is 0 Å². The van der Waals surface area contributed by atoms with Crippen LogP contribution in [-0.4, -0.2) is 23.5 Å². The maximum atomic E-state index is 11.3. The summed E-state index contributed by atoms with van der Waals surface area (Å²) in [5.41, 5.74) is 0.832. The van der Waals surface area contributed by atoms with Gasteiger partial charge >= 0.3 is 5.97 Å². The molecule has 0 aliphatic carbocycles. The van der Waals surface area contributed by atoms with Gasteiger partial charge in [0.1, 0.15) is 0 Å². The summed E-state index contributed by atoms with van der Waals surface area (Å²) in [4.78, 5) is 11.3. The molecule has 4 heteroatoms. The molecule has 1 rings (SSSR count). The first-order valence-corrected chi connectivity index (χ1v) is 6.68. The van der Waals surface area contributed by atoms with Crippen LogP contribution in [0.25, 0.3) is 0 Å². The van der Waals surface area contributed by atoms with E-state index in [1.165, 1.54) is 19.3 Å². The lowest BCUT2D eigenvalue weighted by atomic mass is 10.0. The number of oxime groups is 1. The molecule has 0 amide bonds. The van der Waals surface area contributed by atoms with E-state index in [1.54, 1.807) is 0 Å². The summed E-state index contributed by atoms with van der Waals surface area (Å²) < 4.78 is 5.10.